The highest BCUT2D eigenvalue weighted by Crippen LogP contribution is 2.36. The van der Waals surface area contributed by atoms with Crippen LogP contribution < -0.4 is 0 Å². The third kappa shape index (κ3) is 1.85. The van der Waals surface area contributed by atoms with Crippen LogP contribution in [0, 0.1) is 0 Å². The molecule has 1 N–H and O–H groups in total. The number of phenols is 1. The second-order valence-electron chi connectivity index (χ2n) is 2.20. The molecule has 0 atom stereocenters. The van der Waals surface area contributed by atoms with Crippen molar-refractivity contribution >= 4 is 12.6 Å². The van der Waals surface area contributed by atoms with Gasteiger partial charge < -0.3 is 5.11 Å². The molecule has 12 heavy (non-hydrogen) atoms. The topological polar surface area (TPSA) is 20.2 Å². The van der Waals surface area contributed by atoms with Crippen molar-refractivity contribution in [3.63, 3.8) is 0 Å². The summed E-state index contributed by atoms with van der Waals surface area (Å²) >= 11 is 3.72. The summed E-state index contributed by atoms with van der Waals surface area (Å²) in [6.07, 6.45) is -4.52. The molecule has 0 aliphatic carbocycles. The number of hydrogen-bond donors (Lipinski definition) is 2. The summed E-state index contributed by atoms with van der Waals surface area (Å²) in [5, 5.41) is 8.82. The van der Waals surface area contributed by atoms with E-state index in [1.54, 1.807) is 0 Å². The molecule has 0 fully saturated rings. The molecule has 1 aromatic rings. The van der Waals surface area contributed by atoms with Crippen molar-refractivity contribution in [1.82, 2.24) is 0 Å². The summed E-state index contributed by atoms with van der Waals surface area (Å²) in [4.78, 5) is 0.167. The molecule has 0 aromatic heterocycles. The van der Waals surface area contributed by atoms with Gasteiger partial charge in [0.25, 0.3) is 0 Å². The number of aromatic hydroxyl groups is 1. The summed E-state index contributed by atoms with van der Waals surface area (Å²) in [6.45, 7) is 0. The second-order valence-corrected chi connectivity index (χ2v) is 2.72. The molecule has 0 aliphatic heterocycles. The zero-order valence-corrected chi connectivity index (χ0v) is 6.65. The molecule has 1 nitrogen and oxygen atoms in total. The summed E-state index contributed by atoms with van der Waals surface area (Å²) in [5.74, 6) is -0.777. The van der Waals surface area contributed by atoms with Crippen LogP contribution in [0.3, 0.4) is 0 Å². The van der Waals surface area contributed by atoms with Crippen LogP contribution in [-0.4, -0.2) is 5.11 Å². The summed E-state index contributed by atoms with van der Waals surface area (Å²) in [6, 6.07) is 3.03. The minimum absolute atomic E-state index is 0.167. The van der Waals surface area contributed by atoms with Crippen molar-refractivity contribution in [2.75, 3.05) is 0 Å². The Labute approximate surface area is 72.2 Å². The van der Waals surface area contributed by atoms with E-state index in [1.807, 2.05) is 0 Å². The van der Waals surface area contributed by atoms with Crippen molar-refractivity contribution in [3.05, 3.63) is 23.8 Å². The van der Waals surface area contributed by atoms with Crippen LogP contribution in [-0.2, 0) is 6.18 Å². The van der Waals surface area contributed by atoms with E-state index in [4.69, 9.17) is 5.11 Å². The van der Waals surface area contributed by atoms with Gasteiger partial charge >= 0.3 is 6.18 Å². The fraction of sp³-hybridized carbons (Fsp3) is 0.143. The first-order valence-corrected chi connectivity index (χ1v) is 3.45. The van der Waals surface area contributed by atoms with Crippen LogP contribution >= 0.6 is 12.6 Å². The lowest BCUT2D eigenvalue weighted by Gasteiger charge is -2.08. The lowest BCUT2D eigenvalue weighted by Crippen LogP contribution is -2.04. The highest BCUT2D eigenvalue weighted by atomic mass is 32.1. The van der Waals surface area contributed by atoms with Crippen LogP contribution in [0.5, 0.6) is 5.75 Å². The van der Waals surface area contributed by atoms with Gasteiger partial charge in [-0.3, -0.25) is 0 Å². The summed E-state index contributed by atoms with van der Waals surface area (Å²) < 4.78 is 36.1. The quantitative estimate of drug-likeness (QED) is 0.608. The van der Waals surface area contributed by atoms with Gasteiger partial charge in [0, 0.05) is 4.90 Å². The van der Waals surface area contributed by atoms with Crippen molar-refractivity contribution in [3.8, 4) is 5.75 Å². The van der Waals surface area contributed by atoms with E-state index in [0.29, 0.717) is 0 Å². The van der Waals surface area contributed by atoms with Gasteiger partial charge in [0.15, 0.2) is 0 Å². The lowest BCUT2D eigenvalue weighted by molar-refractivity contribution is -0.138. The third-order valence-electron chi connectivity index (χ3n) is 1.29. The zero-order chi connectivity index (χ0) is 9.35. The first-order valence-electron chi connectivity index (χ1n) is 3.00. The van der Waals surface area contributed by atoms with Crippen molar-refractivity contribution in [2.24, 2.45) is 0 Å². The number of thiol groups is 1. The van der Waals surface area contributed by atoms with Crippen LogP contribution in [0.2, 0.25) is 0 Å². The van der Waals surface area contributed by atoms with Gasteiger partial charge in [-0.25, -0.2) is 0 Å². The van der Waals surface area contributed by atoms with E-state index in [2.05, 4.69) is 12.6 Å². The van der Waals surface area contributed by atoms with Crippen molar-refractivity contribution in [1.29, 1.82) is 0 Å². The maximum Gasteiger partial charge on any atom is 0.419 e. The molecular formula is C7H5F3OS. The number of alkyl halides is 3. The van der Waals surface area contributed by atoms with Crippen molar-refractivity contribution in [2.45, 2.75) is 11.1 Å². The number of benzene rings is 1. The van der Waals surface area contributed by atoms with Crippen LogP contribution in [0.15, 0.2) is 23.1 Å². The Hall–Kier alpha value is -0.840. The molecule has 5 heteroatoms. The van der Waals surface area contributed by atoms with Crippen molar-refractivity contribution < 1.29 is 18.3 Å². The molecular weight excluding hydrogens is 189 g/mol. The van der Waals surface area contributed by atoms with E-state index in [-0.39, 0.29) is 4.90 Å². The number of phenolic OH excluding ortho intramolecular Hbond substituents is 1. The molecule has 0 unspecified atom stereocenters. The molecule has 0 aliphatic rings. The van der Waals surface area contributed by atoms with E-state index >= 15 is 0 Å². The smallest absolute Gasteiger partial charge is 0.419 e. The molecule has 0 amide bonds. The molecule has 1 aromatic carbocycles. The summed E-state index contributed by atoms with van der Waals surface area (Å²) in [5.41, 5.74) is -1.06. The molecule has 0 heterocycles. The highest BCUT2D eigenvalue weighted by molar-refractivity contribution is 7.80. The van der Waals surface area contributed by atoms with Gasteiger partial charge in [0.05, 0.1) is 5.56 Å². The molecule has 66 valence electrons. The molecule has 1 rings (SSSR count). The van der Waals surface area contributed by atoms with Crippen LogP contribution in [0.1, 0.15) is 5.56 Å². The minimum atomic E-state index is -4.52. The lowest BCUT2D eigenvalue weighted by atomic mass is 10.2. The first kappa shape index (κ1) is 9.25. The maximum absolute atomic E-state index is 12.0. The Bertz CT molecular complexity index is 295. The Kier molecular flexibility index (Phi) is 2.23. The molecule has 0 saturated carbocycles. The molecule has 0 radical (unpaired) electrons. The largest absolute Gasteiger partial charge is 0.507 e. The van der Waals surface area contributed by atoms with Gasteiger partial charge in [-0.15, -0.1) is 12.6 Å². The predicted octanol–water partition coefficient (Wildman–Crippen LogP) is 2.70. The Morgan fingerprint density at radius 1 is 1.25 bits per heavy atom. The fourth-order valence-corrected chi connectivity index (χ4v) is 0.955. The minimum Gasteiger partial charge on any atom is -0.507 e. The summed E-state index contributed by atoms with van der Waals surface area (Å²) in [7, 11) is 0. The highest BCUT2D eigenvalue weighted by Gasteiger charge is 2.33. The fourth-order valence-electron chi connectivity index (χ4n) is 0.751. The Morgan fingerprint density at radius 2 is 1.83 bits per heavy atom. The molecule has 0 spiro atoms. The number of rotatable bonds is 0. The third-order valence-corrected chi connectivity index (χ3v) is 1.56. The van der Waals surface area contributed by atoms with Crippen LogP contribution in [0.4, 0.5) is 13.2 Å². The molecule has 0 bridgehead atoms. The predicted molar refractivity (Wildman–Crippen MR) is 40.4 cm³/mol. The first-order chi connectivity index (χ1) is 5.41. The van der Waals surface area contributed by atoms with Gasteiger partial charge in [0.1, 0.15) is 5.75 Å². The van der Waals surface area contributed by atoms with E-state index in [0.717, 1.165) is 12.1 Å². The molecule has 0 saturated heterocycles. The Morgan fingerprint density at radius 3 is 2.25 bits per heavy atom. The van der Waals surface area contributed by atoms with Crippen LogP contribution in [0.25, 0.3) is 0 Å². The van der Waals surface area contributed by atoms with E-state index in [1.165, 1.54) is 6.07 Å². The van der Waals surface area contributed by atoms with Gasteiger partial charge in [-0.2, -0.15) is 13.2 Å². The van der Waals surface area contributed by atoms with Gasteiger partial charge in [-0.05, 0) is 18.2 Å². The SMILES string of the molecule is Oc1ccc(S)cc1C(F)(F)F. The average molecular weight is 194 g/mol. The standard InChI is InChI=1S/C7H5F3OS/c8-7(9,10)5-3-4(12)1-2-6(5)11/h1-3,11-12H. The number of halogens is 3. The number of hydrogen-bond acceptors (Lipinski definition) is 2. The van der Waals surface area contributed by atoms with Gasteiger partial charge in [-0.1, -0.05) is 0 Å². The Balaban J connectivity index is 3.23. The maximum atomic E-state index is 12.0. The van der Waals surface area contributed by atoms with Gasteiger partial charge in [0.2, 0.25) is 0 Å². The monoisotopic (exact) mass is 194 g/mol. The van der Waals surface area contributed by atoms with E-state index in [9.17, 15) is 13.2 Å². The zero-order valence-electron chi connectivity index (χ0n) is 5.76. The average Bonchev–Trinajstić information content (AvgIpc) is 1.92. The normalized spacial score (nSPS) is 11.7. The van der Waals surface area contributed by atoms with E-state index < -0.39 is 17.5 Å². The second kappa shape index (κ2) is 2.90.